The number of hydrogen-bond acceptors (Lipinski definition) is 4. The molecule has 34 heavy (non-hydrogen) atoms. The van der Waals surface area contributed by atoms with E-state index in [0.717, 1.165) is 36.1 Å². The van der Waals surface area contributed by atoms with Crippen LogP contribution in [0.4, 0.5) is 13.2 Å². The molecule has 1 aliphatic heterocycles. The lowest BCUT2D eigenvalue weighted by Crippen LogP contribution is -2.36. The summed E-state index contributed by atoms with van der Waals surface area (Å²) in [7, 11) is -3.62. The van der Waals surface area contributed by atoms with Gasteiger partial charge in [-0.05, 0) is 60.3 Å². The van der Waals surface area contributed by atoms with Gasteiger partial charge in [-0.2, -0.15) is 13.2 Å². The minimum absolute atomic E-state index is 0.00576. The molecule has 0 unspecified atom stereocenters. The number of aromatic nitrogens is 1. The Hall–Kier alpha value is -2.85. The summed E-state index contributed by atoms with van der Waals surface area (Å²) in [5.41, 5.74) is 3.04. The van der Waals surface area contributed by atoms with Gasteiger partial charge in [-0.15, -0.1) is 0 Å². The predicted octanol–water partition coefficient (Wildman–Crippen LogP) is 5.01. The van der Waals surface area contributed by atoms with Crippen LogP contribution in [0.2, 0.25) is 0 Å². The fourth-order valence-corrected chi connectivity index (χ4v) is 4.92. The number of likely N-dealkylation sites (tertiary alicyclic amines) is 1. The fraction of sp³-hybridized carbons (Fsp3) is 0.375. The zero-order chi connectivity index (χ0) is 25.3. The Labute approximate surface area is 196 Å². The quantitative estimate of drug-likeness (QED) is 0.549. The van der Waals surface area contributed by atoms with E-state index in [9.17, 15) is 21.6 Å². The molecule has 0 radical (unpaired) electrons. The molecule has 3 aromatic rings. The first-order chi connectivity index (χ1) is 15.7. The highest BCUT2D eigenvalue weighted by Crippen LogP contribution is 2.28. The molecule has 0 amide bonds. The highest BCUT2D eigenvalue weighted by molar-refractivity contribution is 7.90. The van der Waals surface area contributed by atoms with Gasteiger partial charge in [0, 0.05) is 18.1 Å². The standard InChI is InChI=1S/C22H26N2O2S.C2HF3O2/c1-22(2,3)18-8-10-19(11-9-18)27(25,26)24-15-12-20-17(6-4-7-21(20)24)16-23-13-5-14-23;3-2(4,5)1(6)7/h4,6-12,15H,5,13-14,16H2,1-3H3;(H,6,7). The van der Waals surface area contributed by atoms with Gasteiger partial charge in [0.1, 0.15) is 0 Å². The Balaban J connectivity index is 0.000000406. The van der Waals surface area contributed by atoms with Crippen LogP contribution in [0, 0.1) is 0 Å². The summed E-state index contributed by atoms with van der Waals surface area (Å²) < 4.78 is 59.6. The van der Waals surface area contributed by atoms with E-state index in [2.05, 4.69) is 31.7 Å². The normalized spacial score (nSPS) is 14.9. The molecule has 0 saturated carbocycles. The van der Waals surface area contributed by atoms with E-state index in [1.807, 2.05) is 30.3 Å². The maximum atomic E-state index is 13.2. The molecule has 1 fully saturated rings. The molecule has 0 aliphatic carbocycles. The Morgan fingerprint density at radius 3 is 2.06 bits per heavy atom. The largest absolute Gasteiger partial charge is 0.490 e. The van der Waals surface area contributed by atoms with Crippen LogP contribution in [0.3, 0.4) is 0 Å². The number of carboxylic acid groups (broad SMARTS) is 1. The number of rotatable bonds is 4. The molecule has 0 atom stereocenters. The van der Waals surface area contributed by atoms with Crippen LogP contribution in [0.25, 0.3) is 10.9 Å². The molecular weight excluding hydrogens is 469 g/mol. The van der Waals surface area contributed by atoms with E-state index < -0.39 is 22.2 Å². The average Bonchev–Trinajstić information content (AvgIpc) is 3.15. The molecule has 6 nitrogen and oxygen atoms in total. The zero-order valence-electron chi connectivity index (χ0n) is 19.1. The summed E-state index contributed by atoms with van der Waals surface area (Å²) in [5.74, 6) is -2.76. The van der Waals surface area contributed by atoms with Crippen molar-refractivity contribution in [3.8, 4) is 0 Å². The van der Waals surface area contributed by atoms with Gasteiger partial charge in [0.25, 0.3) is 10.0 Å². The van der Waals surface area contributed by atoms with Gasteiger partial charge < -0.3 is 5.11 Å². The van der Waals surface area contributed by atoms with Crippen molar-refractivity contribution in [3.05, 3.63) is 65.9 Å². The summed E-state index contributed by atoms with van der Waals surface area (Å²) in [4.78, 5) is 11.6. The molecule has 1 aromatic heterocycles. The third-order valence-corrected chi connectivity index (χ3v) is 7.35. The second-order valence-corrected chi connectivity index (χ2v) is 11.0. The van der Waals surface area contributed by atoms with Crippen molar-refractivity contribution in [1.29, 1.82) is 0 Å². The molecule has 184 valence electrons. The van der Waals surface area contributed by atoms with Crippen molar-refractivity contribution in [2.75, 3.05) is 13.1 Å². The number of carboxylic acids is 1. The topological polar surface area (TPSA) is 79.6 Å². The van der Waals surface area contributed by atoms with Crippen molar-refractivity contribution in [2.24, 2.45) is 0 Å². The number of fused-ring (bicyclic) bond motifs is 1. The van der Waals surface area contributed by atoms with Crippen molar-refractivity contribution >= 4 is 26.9 Å². The number of alkyl halides is 3. The molecule has 0 spiro atoms. The van der Waals surface area contributed by atoms with Crippen LogP contribution < -0.4 is 0 Å². The summed E-state index contributed by atoms with van der Waals surface area (Å²) in [5, 5.41) is 8.14. The number of hydrogen-bond donors (Lipinski definition) is 1. The van der Waals surface area contributed by atoms with Gasteiger partial charge in [-0.1, -0.05) is 45.0 Å². The van der Waals surface area contributed by atoms with Gasteiger partial charge in [-0.3, -0.25) is 4.90 Å². The monoisotopic (exact) mass is 496 g/mol. The average molecular weight is 497 g/mol. The molecule has 1 N–H and O–H groups in total. The number of carbonyl (C=O) groups is 1. The van der Waals surface area contributed by atoms with Crippen molar-refractivity contribution in [3.63, 3.8) is 0 Å². The lowest BCUT2D eigenvalue weighted by atomic mass is 9.87. The van der Waals surface area contributed by atoms with Gasteiger partial charge in [0.05, 0.1) is 10.4 Å². The number of benzene rings is 2. The van der Waals surface area contributed by atoms with E-state index in [-0.39, 0.29) is 5.41 Å². The molecule has 4 rings (SSSR count). The van der Waals surface area contributed by atoms with Crippen LogP contribution in [-0.4, -0.2) is 47.6 Å². The van der Waals surface area contributed by atoms with Crippen LogP contribution in [-0.2, 0) is 26.8 Å². The van der Waals surface area contributed by atoms with Crippen molar-refractivity contribution < 1.29 is 31.5 Å². The molecule has 10 heteroatoms. The number of aliphatic carboxylic acids is 1. The molecule has 2 heterocycles. The van der Waals surface area contributed by atoms with Crippen molar-refractivity contribution in [1.82, 2.24) is 8.87 Å². The summed E-state index contributed by atoms with van der Waals surface area (Å²) in [6, 6.07) is 15.1. The minimum Gasteiger partial charge on any atom is -0.475 e. The second-order valence-electron chi connectivity index (χ2n) is 9.17. The lowest BCUT2D eigenvalue weighted by molar-refractivity contribution is -0.192. The van der Waals surface area contributed by atoms with Gasteiger partial charge in [0.2, 0.25) is 0 Å². The molecule has 1 saturated heterocycles. The van der Waals surface area contributed by atoms with Crippen LogP contribution in [0.1, 0.15) is 38.3 Å². The second kappa shape index (κ2) is 9.42. The molecular formula is C24H27F3N2O4S. The Kier molecular flexibility index (Phi) is 7.14. The third-order valence-electron chi connectivity index (χ3n) is 5.65. The van der Waals surface area contributed by atoms with Gasteiger partial charge >= 0.3 is 12.1 Å². The summed E-state index contributed by atoms with van der Waals surface area (Å²) >= 11 is 0. The smallest absolute Gasteiger partial charge is 0.475 e. The van der Waals surface area contributed by atoms with Gasteiger partial charge in [0.15, 0.2) is 0 Å². The molecule has 2 aromatic carbocycles. The third kappa shape index (κ3) is 5.61. The zero-order valence-corrected chi connectivity index (χ0v) is 19.9. The Morgan fingerprint density at radius 1 is 1.00 bits per heavy atom. The number of nitrogens with zero attached hydrogens (tertiary/aromatic N) is 2. The van der Waals surface area contributed by atoms with Crippen LogP contribution in [0.15, 0.2) is 59.6 Å². The van der Waals surface area contributed by atoms with E-state index in [1.165, 1.54) is 16.0 Å². The van der Waals surface area contributed by atoms with E-state index in [1.54, 1.807) is 18.3 Å². The minimum atomic E-state index is -5.08. The maximum Gasteiger partial charge on any atom is 0.490 e. The van der Waals surface area contributed by atoms with Gasteiger partial charge in [-0.25, -0.2) is 17.2 Å². The highest BCUT2D eigenvalue weighted by Gasteiger charge is 2.38. The Morgan fingerprint density at radius 2 is 1.59 bits per heavy atom. The van der Waals surface area contributed by atoms with Crippen LogP contribution >= 0.6 is 0 Å². The lowest BCUT2D eigenvalue weighted by Gasteiger charge is -2.30. The predicted molar refractivity (Wildman–Crippen MR) is 123 cm³/mol. The van der Waals surface area contributed by atoms with E-state index in [4.69, 9.17) is 9.90 Å². The molecule has 1 aliphatic rings. The summed E-state index contributed by atoms with van der Waals surface area (Å²) in [6.07, 6.45) is -2.16. The first-order valence-corrected chi connectivity index (χ1v) is 12.1. The fourth-order valence-electron chi connectivity index (χ4n) is 3.58. The van der Waals surface area contributed by atoms with Crippen molar-refractivity contribution in [2.45, 2.75) is 50.2 Å². The first kappa shape index (κ1) is 25.8. The maximum absolute atomic E-state index is 13.2. The van der Waals surface area contributed by atoms with E-state index >= 15 is 0 Å². The summed E-state index contributed by atoms with van der Waals surface area (Å²) in [6.45, 7) is 9.48. The molecule has 0 bridgehead atoms. The van der Waals surface area contributed by atoms with Crippen LogP contribution in [0.5, 0.6) is 0 Å². The highest BCUT2D eigenvalue weighted by atomic mass is 32.2. The number of halogens is 3. The Bertz CT molecular complexity index is 1270. The first-order valence-electron chi connectivity index (χ1n) is 10.7. The SMILES string of the molecule is CC(C)(C)c1ccc(S(=O)(=O)n2ccc3c(CN4CCC4)cccc32)cc1.O=C(O)C(F)(F)F. The van der Waals surface area contributed by atoms with E-state index in [0.29, 0.717) is 4.90 Å².